The van der Waals surface area contributed by atoms with E-state index >= 15 is 0 Å². The monoisotopic (exact) mass is 161 g/mol. The Morgan fingerprint density at radius 3 is 2.91 bits per heavy atom. The fourth-order valence-electron chi connectivity index (χ4n) is 0.474. The van der Waals surface area contributed by atoms with E-state index in [4.69, 9.17) is 5.11 Å². The van der Waals surface area contributed by atoms with Crippen molar-refractivity contribution in [2.75, 3.05) is 6.54 Å². The zero-order chi connectivity index (χ0) is 8.69. The van der Waals surface area contributed by atoms with E-state index in [1.54, 1.807) is 0 Å². The van der Waals surface area contributed by atoms with Crippen LogP contribution in [0, 0.1) is 0 Å². The molecule has 0 aromatic carbocycles. The SMILES string of the molecule is CC(F)CN/C=C\CC(=O)O. The molecule has 0 aliphatic rings. The van der Waals surface area contributed by atoms with Crippen LogP contribution in [0.5, 0.6) is 0 Å². The van der Waals surface area contributed by atoms with Crippen LogP contribution in [0.1, 0.15) is 13.3 Å². The van der Waals surface area contributed by atoms with Crippen molar-refractivity contribution in [1.82, 2.24) is 5.32 Å². The molecule has 0 heterocycles. The van der Waals surface area contributed by atoms with E-state index in [0.717, 1.165) is 0 Å². The summed E-state index contributed by atoms with van der Waals surface area (Å²) in [6, 6.07) is 0. The molecule has 3 nitrogen and oxygen atoms in total. The summed E-state index contributed by atoms with van der Waals surface area (Å²) in [6.45, 7) is 1.65. The molecule has 0 spiro atoms. The molecular formula is C7H12FNO2. The van der Waals surface area contributed by atoms with Crippen molar-refractivity contribution >= 4 is 5.97 Å². The molecule has 0 aliphatic carbocycles. The highest BCUT2D eigenvalue weighted by molar-refractivity contribution is 5.68. The molecule has 4 heteroatoms. The first-order chi connectivity index (χ1) is 5.13. The zero-order valence-corrected chi connectivity index (χ0v) is 6.38. The van der Waals surface area contributed by atoms with Gasteiger partial charge in [-0.1, -0.05) is 6.08 Å². The molecule has 0 aromatic rings. The van der Waals surface area contributed by atoms with Crippen LogP contribution < -0.4 is 5.32 Å². The fraction of sp³-hybridized carbons (Fsp3) is 0.571. The van der Waals surface area contributed by atoms with E-state index in [1.165, 1.54) is 19.2 Å². The lowest BCUT2D eigenvalue weighted by atomic mass is 10.4. The number of halogens is 1. The number of carboxylic acid groups (broad SMARTS) is 1. The summed E-state index contributed by atoms with van der Waals surface area (Å²) >= 11 is 0. The molecule has 0 saturated carbocycles. The molecule has 0 amide bonds. The predicted molar refractivity (Wildman–Crippen MR) is 40.0 cm³/mol. The van der Waals surface area contributed by atoms with Crippen LogP contribution in [0.25, 0.3) is 0 Å². The molecule has 0 radical (unpaired) electrons. The topological polar surface area (TPSA) is 49.3 Å². The molecule has 0 saturated heterocycles. The number of carboxylic acids is 1. The third kappa shape index (κ3) is 8.94. The standard InChI is InChI=1S/C7H12FNO2/c1-6(8)5-9-4-2-3-7(10)11/h2,4,6,9H,3,5H2,1H3,(H,10,11)/b4-2-. The molecule has 0 fully saturated rings. The molecule has 1 atom stereocenters. The third-order valence-corrected chi connectivity index (χ3v) is 0.927. The Kier molecular flexibility index (Phi) is 5.15. The molecule has 0 aliphatic heterocycles. The van der Waals surface area contributed by atoms with Gasteiger partial charge in [0.25, 0.3) is 0 Å². The van der Waals surface area contributed by atoms with Crippen LogP contribution in [0.2, 0.25) is 0 Å². The first-order valence-electron chi connectivity index (χ1n) is 3.37. The molecule has 0 rings (SSSR count). The summed E-state index contributed by atoms with van der Waals surface area (Å²) in [5.74, 6) is -0.892. The Morgan fingerprint density at radius 2 is 2.45 bits per heavy atom. The van der Waals surface area contributed by atoms with E-state index in [2.05, 4.69) is 5.32 Å². The maximum absolute atomic E-state index is 12.1. The number of carbonyl (C=O) groups is 1. The highest BCUT2D eigenvalue weighted by Gasteiger charge is 1.92. The molecule has 11 heavy (non-hydrogen) atoms. The van der Waals surface area contributed by atoms with Crippen molar-refractivity contribution in [3.8, 4) is 0 Å². The third-order valence-electron chi connectivity index (χ3n) is 0.927. The van der Waals surface area contributed by atoms with E-state index in [1.807, 2.05) is 0 Å². The first kappa shape index (κ1) is 9.94. The molecule has 64 valence electrons. The minimum Gasteiger partial charge on any atom is -0.481 e. The summed E-state index contributed by atoms with van der Waals surface area (Å²) < 4.78 is 12.1. The average Bonchev–Trinajstić information content (AvgIpc) is 1.85. The van der Waals surface area contributed by atoms with E-state index in [9.17, 15) is 9.18 Å². The Balaban J connectivity index is 3.23. The van der Waals surface area contributed by atoms with Crippen molar-refractivity contribution in [2.45, 2.75) is 19.5 Å². The summed E-state index contributed by atoms with van der Waals surface area (Å²) in [4.78, 5) is 9.94. The van der Waals surface area contributed by atoms with Gasteiger partial charge in [0, 0.05) is 6.54 Å². The van der Waals surface area contributed by atoms with Gasteiger partial charge in [-0.2, -0.15) is 0 Å². The maximum Gasteiger partial charge on any atom is 0.307 e. The van der Waals surface area contributed by atoms with Crippen LogP contribution in [0.3, 0.4) is 0 Å². The molecular weight excluding hydrogens is 149 g/mol. The van der Waals surface area contributed by atoms with Crippen LogP contribution in [0.4, 0.5) is 4.39 Å². The van der Waals surface area contributed by atoms with Gasteiger partial charge in [0.2, 0.25) is 0 Å². The lowest BCUT2D eigenvalue weighted by Crippen LogP contribution is -2.15. The number of alkyl halides is 1. The fourth-order valence-corrected chi connectivity index (χ4v) is 0.474. The number of rotatable bonds is 5. The van der Waals surface area contributed by atoms with Crippen LogP contribution in [0.15, 0.2) is 12.3 Å². The van der Waals surface area contributed by atoms with Gasteiger partial charge in [0.05, 0.1) is 6.42 Å². The Bertz CT molecular complexity index is 145. The van der Waals surface area contributed by atoms with Crippen LogP contribution >= 0.6 is 0 Å². The van der Waals surface area contributed by atoms with Gasteiger partial charge >= 0.3 is 5.97 Å². The normalized spacial score (nSPS) is 13.3. The zero-order valence-electron chi connectivity index (χ0n) is 6.38. The van der Waals surface area contributed by atoms with Gasteiger partial charge < -0.3 is 10.4 Å². The van der Waals surface area contributed by atoms with Gasteiger partial charge in [-0.3, -0.25) is 4.79 Å². The minimum atomic E-state index is -0.913. The largest absolute Gasteiger partial charge is 0.481 e. The van der Waals surface area contributed by atoms with E-state index < -0.39 is 12.1 Å². The number of nitrogens with one attached hydrogen (secondary N) is 1. The average molecular weight is 161 g/mol. The highest BCUT2D eigenvalue weighted by atomic mass is 19.1. The second-order valence-corrected chi connectivity index (χ2v) is 2.19. The van der Waals surface area contributed by atoms with Crippen molar-refractivity contribution in [3.05, 3.63) is 12.3 Å². The highest BCUT2D eigenvalue weighted by Crippen LogP contribution is 1.84. The minimum absolute atomic E-state index is 0.0341. The lowest BCUT2D eigenvalue weighted by molar-refractivity contribution is -0.136. The summed E-state index contributed by atoms with van der Waals surface area (Å²) in [7, 11) is 0. The van der Waals surface area contributed by atoms with Gasteiger partial charge in [0.1, 0.15) is 6.17 Å². The molecule has 1 unspecified atom stereocenters. The Hall–Kier alpha value is -1.06. The van der Waals surface area contributed by atoms with Gasteiger partial charge in [-0.15, -0.1) is 0 Å². The van der Waals surface area contributed by atoms with Gasteiger partial charge in [0.15, 0.2) is 0 Å². The Morgan fingerprint density at radius 1 is 1.82 bits per heavy atom. The van der Waals surface area contributed by atoms with Crippen molar-refractivity contribution < 1.29 is 14.3 Å². The van der Waals surface area contributed by atoms with Crippen LogP contribution in [-0.4, -0.2) is 23.8 Å². The van der Waals surface area contributed by atoms with Crippen molar-refractivity contribution in [1.29, 1.82) is 0 Å². The first-order valence-corrected chi connectivity index (χ1v) is 3.37. The molecule has 0 aromatic heterocycles. The summed E-state index contributed by atoms with van der Waals surface area (Å²) in [5, 5.41) is 10.8. The van der Waals surface area contributed by atoms with E-state index in [-0.39, 0.29) is 13.0 Å². The number of hydrogen-bond acceptors (Lipinski definition) is 2. The quantitative estimate of drug-likeness (QED) is 0.630. The van der Waals surface area contributed by atoms with Crippen molar-refractivity contribution in [2.24, 2.45) is 0 Å². The van der Waals surface area contributed by atoms with Crippen LogP contribution in [-0.2, 0) is 4.79 Å². The maximum atomic E-state index is 12.1. The van der Waals surface area contributed by atoms with Crippen molar-refractivity contribution in [3.63, 3.8) is 0 Å². The Labute approximate surface area is 64.9 Å². The van der Waals surface area contributed by atoms with E-state index in [0.29, 0.717) is 0 Å². The predicted octanol–water partition coefficient (Wildman–Crippen LogP) is 0.922. The number of aliphatic carboxylic acids is 1. The summed E-state index contributed by atoms with van der Waals surface area (Å²) in [6.07, 6.45) is 1.94. The van der Waals surface area contributed by atoms with Gasteiger partial charge in [-0.05, 0) is 13.1 Å². The lowest BCUT2D eigenvalue weighted by Gasteiger charge is -1.99. The molecule has 2 N–H and O–H groups in total. The number of hydrogen-bond donors (Lipinski definition) is 2. The summed E-state index contributed by atoms with van der Waals surface area (Å²) in [5.41, 5.74) is 0. The molecule has 0 bridgehead atoms. The smallest absolute Gasteiger partial charge is 0.307 e. The second kappa shape index (κ2) is 5.70. The second-order valence-electron chi connectivity index (χ2n) is 2.19. The van der Waals surface area contributed by atoms with Gasteiger partial charge in [-0.25, -0.2) is 4.39 Å².